The molecule has 4 rings (SSSR count). The van der Waals surface area contributed by atoms with E-state index in [9.17, 15) is 13.2 Å². The molecule has 30 heavy (non-hydrogen) atoms. The Kier molecular flexibility index (Phi) is 5.49. The van der Waals surface area contributed by atoms with Gasteiger partial charge in [0.25, 0.3) is 0 Å². The summed E-state index contributed by atoms with van der Waals surface area (Å²) in [5.41, 5.74) is 3.25. The predicted molar refractivity (Wildman–Crippen MR) is 120 cm³/mol. The molecule has 0 aliphatic rings. The van der Waals surface area contributed by atoms with Crippen molar-refractivity contribution in [1.29, 1.82) is 0 Å². The summed E-state index contributed by atoms with van der Waals surface area (Å²) in [6.45, 7) is 0.0361. The molecular formula is C21H18N4O3S2. The van der Waals surface area contributed by atoms with Crippen LogP contribution in [0.25, 0.3) is 20.8 Å². The zero-order valence-electron chi connectivity index (χ0n) is 15.7. The summed E-state index contributed by atoms with van der Waals surface area (Å²) in [5, 5.41) is 11.8. The number of carbonyl (C=O) groups excluding carboxylic acids is 1. The minimum absolute atomic E-state index is 0.0192. The second kappa shape index (κ2) is 8.23. The van der Waals surface area contributed by atoms with Crippen molar-refractivity contribution in [1.82, 2.24) is 4.98 Å². The van der Waals surface area contributed by atoms with Crippen molar-refractivity contribution >= 4 is 48.9 Å². The van der Waals surface area contributed by atoms with Crippen LogP contribution in [0.4, 0.5) is 11.4 Å². The van der Waals surface area contributed by atoms with E-state index in [1.54, 1.807) is 23.5 Å². The van der Waals surface area contributed by atoms with Gasteiger partial charge in [-0.2, -0.15) is 0 Å². The van der Waals surface area contributed by atoms with Gasteiger partial charge in [0.05, 0.1) is 21.7 Å². The van der Waals surface area contributed by atoms with Gasteiger partial charge in [-0.05, 0) is 60.7 Å². The highest BCUT2D eigenvalue weighted by Crippen LogP contribution is 2.30. The third-order valence-electron chi connectivity index (χ3n) is 4.35. The molecule has 0 spiro atoms. The van der Waals surface area contributed by atoms with Gasteiger partial charge in [0, 0.05) is 16.9 Å². The lowest BCUT2D eigenvalue weighted by Crippen LogP contribution is -2.21. The summed E-state index contributed by atoms with van der Waals surface area (Å²) in [6.07, 6.45) is 0. The molecule has 1 amide bonds. The maximum atomic E-state index is 12.2. The maximum absolute atomic E-state index is 12.2. The van der Waals surface area contributed by atoms with Crippen LogP contribution in [0.2, 0.25) is 0 Å². The van der Waals surface area contributed by atoms with Crippen LogP contribution in [-0.4, -0.2) is 25.9 Å². The van der Waals surface area contributed by atoms with Crippen LogP contribution in [0.1, 0.15) is 0 Å². The van der Waals surface area contributed by atoms with Gasteiger partial charge >= 0.3 is 0 Å². The molecule has 152 valence electrons. The number of para-hydroxylation sites is 1. The fourth-order valence-corrected chi connectivity index (χ4v) is 4.33. The van der Waals surface area contributed by atoms with E-state index in [-0.39, 0.29) is 17.3 Å². The predicted octanol–water partition coefficient (Wildman–Crippen LogP) is 3.66. The zero-order chi connectivity index (χ0) is 21.1. The number of primary sulfonamides is 1. The number of thiazole rings is 1. The monoisotopic (exact) mass is 438 g/mol. The van der Waals surface area contributed by atoms with E-state index in [4.69, 9.17) is 5.14 Å². The molecule has 0 bridgehead atoms. The number of nitrogens with two attached hydrogens (primary N) is 1. The first-order chi connectivity index (χ1) is 14.4. The van der Waals surface area contributed by atoms with Crippen molar-refractivity contribution in [2.24, 2.45) is 5.14 Å². The van der Waals surface area contributed by atoms with Crippen LogP contribution in [0.15, 0.2) is 77.7 Å². The molecule has 0 fully saturated rings. The van der Waals surface area contributed by atoms with Gasteiger partial charge in [-0.15, -0.1) is 11.3 Å². The number of fused-ring (bicyclic) bond motifs is 1. The van der Waals surface area contributed by atoms with Gasteiger partial charge in [0.2, 0.25) is 15.9 Å². The lowest BCUT2D eigenvalue weighted by atomic mass is 10.2. The van der Waals surface area contributed by atoms with Crippen molar-refractivity contribution in [3.8, 4) is 10.6 Å². The van der Waals surface area contributed by atoms with Crippen LogP contribution in [0.5, 0.6) is 0 Å². The summed E-state index contributed by atoms with van der Waals surface area (Å²) in [4.78, 5) is 16.8. The lowest BCUT2D eigenvalue weighted by molar-refractivity contribution is -0.114. The number of hydrogen-bond donors (Lipinski definition) is 3. The average Bonchev–Trinajstić information content (AvgIpc) is 3.17. The number of nitrogens with zero attached hydrogens (tertiary/aromatic N) is 1. The highest BCUT2D eigenvalue weighted by molar-refractivity contribution is 7.89. The van der Waals surface area contributed by atoms with Gasteiger partial charge in [0.15, 0.2) is 0 Å². The van der Waals surface area contributed by atoms with E-state index in [2.05, 4.69) is 15.6 Å². The number of rotatable bonds is 6. The van der Waals surface area contributed by atoms with Gasteiger partial charge in [-0.1, -0.05) is 12.1 Å². The second-order valence-corrected chi connectivity index (χ2v) is 9.13. The number of aromatic nitrogens is 1. The van der Waals surface area contributed by atoms with Gasteiger partial charge in [-0.25, -0.2) is 18.5 Å². The quantitative estimate of drug-likeness (QED) is 0.425. The number of amides is 1. The largest absolute Gasteiger partial charge is 0.376 e. The first-order valence-electron chi connectivity index (χ1n) is 9.01. The molecule has 1 heterocycles. The summed E-state index contributed by atoms with van der Waals surface area (Å²) in [7, 11) is -3.73. The normalized spacial score (nSPS) is 11.4. The Morgan fingerprint density at radius 1 is 0.933 bits per heavy atom. The molecule has 3 aromatic carbocycles. The van der Waals surface area contributed by atoms with E-state index < -0.39 is 10.0 Å². The van der Waals surface area contributed by atoms with E-state index in [1.165, 1.54) is 12.1 Å². The van der Waals surface area contributed by atoms with Crippen molar-refractivity contribution in [2.45, 2.75) is 4.90 Å². The third-order valence-corrected chi connectivity index (χ3v) is 6.36. The molecule has 0 aliphatic carbocycles. The first-order valence-corrected chi connectivity index (χ1v) is 11.4. The van der Waals surface area contributed by atoms with Gasteiger partial charge in [0.1, 0.15) is 5.01 Å². The number of benzene rings is 3. The molecule has 4 N–H and O–H groups in total. The summed E-state index contributed by atoms with van der Waals surface area (Å²) in [6, 6.07) is 21.4. The minimum atomic E-state index is -3.73. The lowest BCUT2D eigenvalue weighted by Gasteiger charge is -2.09. The highest BCUT2D eigenvalue weighted by Gasteiger charge is 2.09. The third kappa shape index (κ3) is 4.65. The molecule has 0 saturated carbocycles. The van der Waals surface area contributed by atoms with E-state index >= 15 is 0 Å². The number of carbonyl (C=O) groups is 1. The Bertz CT molecular complexity index is 1270. The van der Waals surface area contributed by atoms with E-state index in [1.807, 2.05) is 48.5 Å². The van der Waals surface area contributed by atoms with Crippen LogP contribution in [-0.2, 0) is 14.8 Å². The smallest absolute Gasteiger partial charge is 0.243 e. The van der Waals surface area contributed by atoms with Gasteiger partial charge < -0.3 is 10.6 Å². The molecular weight excluding hydrogens is 420 g/mol. The van der Waals surface area contributed by atoms with Crippen LogP contribution in [0, 0.1) is 0 Å². The molecule has 7 nitrogen and oxygen atoms in total. The first kappa shape index (κ1) is 20.0. The van der Waals surface area contributed by atoms with E-state index in [0.29, 0.717) is 11.4 Å². The molecule has 0 unspecified atom stereocenters. The van der Waals surface area contributed by atoms with Crippen molar-refractivity contribution < 1.29 is 13.2 Å². The Labute approximate surface area is 177 Å². The minimum Gasteiger partial charge on any atom is -0.376 e. The molecule has 0 saturated heterocycles. The standard InChI is InChI=1S/C21H18N4O3S2/c22-30(27,28)17-11-9-15(10-12-17)23-13-20(26)24-16-7-5-14(6-8-16)21-25-18-3-1-2-4-19(18)29-21/h1-12,23H,13H2,(H,24,26)(H2,22,27,28). The summed E-state index contributed by atoms with van der Waals surface area (Å²) in [5.74, 6) is -0.224. The molecule has 0 radical (unpaired) electrons. The number of hydrogen-bond acceptors (Lipinski definition) is 6. The zero-order valence-corrected chi connectivity index (χ0v) is 17.3. The van der Waals surface area contributed by atoms with Crippen LogP contribution < -0.4 is 15.8 Å². The molecule has 9 heteroatoms. The SMILES string of the molecule is NS(=O)(=O)c1ccc(NCC(=O)Nc2ccc(-c3nc4ccccc4s3)cc2)cc1. The Hall–Kier alpha value is -3.27. The van der Waals surface area contributed by atoms with Crippen molar-refractivity contribution in [3.05, 3.63) is 72.8 Å². The topological polar surface area (TPSA) is 114 Å². The summed E-state index contributed by atoms with van der Waals surface area (Å²) >= 11 is 1.62. The number of anilines is 2. The van der Waals surface area contributed by atoms with Crippen molar-refractivity contribution in [2.75, 3.05) is 17.2 Å². The Morgan fingerprint density at radius 3 is 2.27 bits per heavy atom. The molecule has 0 atom stereocenters. The number of nitrogens with one attached hydrogen (secondary N) is 2. The average molecular weight is 439 g/mol. The van der Waals surface area contributed by atoms with Gasteiger partial charge in [-0.3, -0.25) is 4.79 Å². The van der Waals surface area contributed by atoms with E-state index in [0.717, 1.165) is 20.8 Å². The molecule has 1 aromatic heterocycles. The summed E-state index contributed by atoms with van der Waals surface area (Å²) < 4.78 is 23.7. The fourth-order valence-electron chi connectivity index (χ4n) is 2.84. The highest BCUT2D eigenvalue weighted by atomic mass is 32.2. The number of sulfonamides is 1. The molecule has 4 aromatic rings. The van der Waals surface area contributed by atoms with Crippen LogP contribution >= 0.6 is 11.3 Å². The molecule has 0 aliphatic heterocycles. The Balaban J connectivity index is 1.35. The van der Waals surface area contributed by atoms with Crippen LogP contribution in [0.3, 0.4) is 0 Å². The van der Waals surface area contributed by atoms with Crippen molar-refractivity contribution in [3.63, 3.8) is 0 Å². The second-order valence-electron chi connectivity index (χ2n) is 6.54. The Morgan fingerprint density at radius 2 is 1.60 bits per heavy atom. The fraction of sp³-hybridized carbons (Fsp3) is 0.0476. The maximum Gasteiger partial charge on any atom is 0.243 e.